The van der Waals surface area contributed by atoms with Crippen molar-refractivity contribution in [2.45, 2.75) is 57.6 Å². The fraction of sp³-hybridized carbons (Fsp3) is 0.357. The first kappa shape index (κ1) is 28.0. The molecule has 0 aromatic heterocycles. The van der Waals surface area contributed by atoms with Gasteiger partial charge in [0.25, 0.3) is 0 Å². The summed E-state index contributed by atoms with van der Waals surface area (Å²) in [6.45, 7) is 4.29. The lowest BCUT2D eigenvalue weighted by atomic mass is 9.84. The van der Waals surface area contributed by atoms with Crippen LogP contribution in [0.2, 0.25) is 0 Å². The number of esters is 2. The van der Waals surface area contributed by atoms with Gasteiger partial charge in [-0.2, -0.15) is 13.2 Å². The third kappa shape index (κ3) is 7.01. The monoisotopic (exact) mass is 518 g/mol. The molecule has 2 aromatic rings. The Morgan fingerprint density at radius 2 is 1.73 bits per heavy atom. The van der Waals surface area contributed by atoms with Crippen molar-refractivity contribution < 1.29 is 42.1 Å². The lowest BCUT2D eigenvalue weighted by Crippen LogP contribution is -2.35. The van der Waals surface area contributed by atoms with Gasteiger partial charge in [-0.1, -0.05) is 54.6 Å². The summed E-state index contributed by atoms with van der Waals surface area (Å²) in [6.07, 6.45) is 0.467. The van der Waals surface area contributed by atoms with E-state index in [1.807, 2.05) is 36.4 Å². The quantitative estimate of drug-likeness (QED) is 0.438. The highest BCUT2D eigenvalue weighted by molar-refractivity contribution is 5.95. The highest BCUT2D eigenvalue weighted by Gasteiger charge is 2.39. The van der Waals surface area contributed by atoms with Crippen molar-refractivity contribution >= 4 is 17.5 Å². The molecule has 3 rings (SSSR count). The van der Waals surface area contributed by atoms with Crippen LogP contribution in [0, 0.1) is 0 Å². The molecule has 198 valence electrons. The number of ether oxygens (including phenoxy) is 3. The van der Waals surface area contributed by atoms with Crippen molar-refractivity contribution in [2.75, 3.05) is 7.11 Å². The molecular formula is C28H29F3O6. The molecule has 0 bridgehead atoms. The molecule has 0 saturated carbocycles. The number of aromatic hydroxyl groups is 1. The fourth-order valence-corrected chi connectivity index (χ4v) is 3.98. The first-order valence-electron chi connectivity index (χ1n) is 11.5. The second-order valence-electron chi connectivity index (χ2n) is 9.70. The second kappa shape index (κ2) is 10.8. The third-order valence-corrected chi connectivity index (χ3v) is 5.69. The van der Waals surface area contributed by atoms with Crippen LogP contribution in [0.3, 0.4) is 0 Å². The summed E-state index contributed by atoms with van der Waals surface area (Å²) in [5, 5.41) is 10.5. The summed E-state index contributed by atoms with van der Waals surface area (Å²) in [6, 6.07) is 11.2. The summed E-state index contributed by atoms with van der Waals surface area (Å²) in [7, 11) is 1.24. The van der Waals surface area contributed by atoms with Crippen LogP contribution < -0.4 is 0 Å². The van der Waals surface area contributed by atoms with Crippen LogP contribution in [-0.2, 0) is 31.8 Å². The molecule has 0 spiro atoms. The number of carbonyl (C=O) groups is 2. The van der Waals surface area contributed by atoms with Crippen LogP contribution in [0.4, 0.5) is 13.2 Å². The molecule has 1 unspecified atom stereocenters. The molecule has 1 aliphatic rings. The topological polar surface area (TPSA) is 82.1 Å². The minimum absolute atomic E-state index is 0.0202. The number of methoxy groups -OCH3 is 1. The molecule has 0 fully saturated rings. The normalized spacial score (nSPS) is 17.8. The van der Waals surface area contributed by atoms with Gasteiger partial charge in [0.05, 0.1) is 25.7 Å². The number of rotatable bonds is 7. The number of carbonyl (C=O) groups excluding carboxylic acids is 2. The molecule has 1 aliphatic carbocycles. The van der Waals surface area contributed by atoms with Gasteiger partial charge in [-0.3, -0.25) is 4.79 Å². The molecule has 9 heteroatoms. The molecule has 0 saturated heterocycles. The van der Waals surface area contributed by atoms with E-state index in [1.54, 1.807) is 32.9 Å². The Hall–Kier alpha value is -3.59. The summed E-state index contributed by atoms with van der Waals surface area (Å²) in [5.41, 5.74) is -2.49. The minimum atomic E-state index is -4.90. The number of allylic oxidation sites excluding steroid dienone is 2. The maximum absolute atomic E-state index is 13.5. The van der Waals surface area contributed by atoms with E-state index in [0.717, 1.165) is 17.2 Å². The Kier molecular flexibility index (Phi) is 8.17. The zero-order valence-electron chi connectivity index (χ0n) is 21.0. The van der Waals surface area contributed by atoms with Crippen LogP contribution >= 0.6 is 0 Å². The predicted octanol–water partition coefficient (Wildman–Crippen LogP) is 6.23. The minimum Gasteiger partial charge on any atom is -0.506 e. The van der Waals surface area contributed by atoms with Crippen LogP contribution in [0.15, 0.2) is 60.7 Å². The molecule has 0 amide bonds. The Labute approximate surface area is 213 Å². The lowest BCUT2D eigenvalue weighted by Gasteiger charge is -2.33. The van der Waals surface area contributed by atoms with E-state index in [2.05, 4.69) is 0 Å². The number of benzene rings is 2. The highest BCUT2D eigenvalue weighted by Crippen LogP contribution is 2.41. The van der Waals surface area contributed by atoms with Crippen molar-refractivity contribution in [1.82, 2.24) is 0 Å². The Morgan fingerprint density at radius 3 is 2.32 bits per heavy atom. The first-order valence-corrected chi connectivity index (χ1v) is 11.5. The van der Waals surface area contributed by atoms with Gasteiger partial charge in [0.1, 0.15) is 22.5 Å². The van der Waals surface area contributed by atoms with Gasteiger partial charge in [0.2, 0.25) is 0 Å². The van der Waals surface area contributed by atoms with Crippen LogP contribution in [0.1, 0.15) is 60.7 Å². The Bertz CT molecular complexity index is 1210. The maximum atomic E-state index is 13.5. The average Bonchev–Trinajstić information content (AvgIpc) is 2.81. The van der Waals surface area contributed by atoms with E-state index in [1.165, 1.54) is 7.11 Å². The summed E-state index contributed by atoms with van der Waals surface area (Å²) in [4.78, 5) is 25.2. The maximum Gasteiger partial charge on any atom is 0.419 e. The largest absolute Gasteiger partial charge is 0.506 e. The van der Waals surface area contributed by atoms with Crippen molar-refractivity contribution in [3.05, 3.63) is 82.9 Å². The Morgan fingerprint density at radius 1 is 1.05 bits per heavy atom. The number of phenolic OH excluding ortho intramolecular Hbond substituents is 1. The number of halogens is 3. The van der Waals surface area contributed by atoms with Gasteiger partial charge in [0.15, 0.2) is 0 Å². The number of alkyl halides is 3. The molecular weight excluding hydrogens is 489 g/mol. The number of phenols is 1. The average molecular weight is 519 g/mol. The van der Waals surface area contributed by atoms with Gasteiger partial charge in [-0.15, -0.1) is 0 Å². The van der Waals surface area contributed by atoms with E-state index >= 15 is 0 Å². The lowest BCUT2D eigenvalue weighted by molar-refractivity contribution is -0.147. The Balaban J connectivity index is 1.99. The molecule has 6 nitrogen and oxygen atoms in total. The fourth-order valence-electron chi connectivity index (χ4n) is 3.98. The van der Waals surface area contributed by atoms with Gasteiger partial charge < -0.3 is 19.3 Å². The van der Waals surface area contributed by atoms with Crippen LogP contribution in [-0.4, -0.2) is 35.4 Å². The standard InChI is InChI=1S/C28H29F3O6/c1-26(2,3)37-25(34)23-20(12-13-21(24(23)33)28(29,30)31)17-36-27(16-22(32)35-4)14-8-11-19(15-27)18-9-6-5-7-10-18/h5-14,33H,15-17H2,1-4H3. The smallest absolute Gasteiger partial charge is 0.419 e. The summed E-state index contributed by atoms with van der Waals surface area (Å²) in [5.74, 6) is -2.92. The van der Waals surface area contributed by atoms with Gasteiger partial charge >= 0.3 is 18.1 Å². The van der Waals surface area contributed by atoms with Crippen LogP contribution in [0.25, 0.3) is 5.57 Å². The van der Waals surface area contributed by atoms with E-state index < -0.39 is 46.2 Å². The zero-order valence-corrected chi connectivity index (χ0v) is 21.0. The van der Waals surface area contributed by atoms with E-state index in [0.29, 0.717) is 6.07 Å². The molecule has 2 aromatic carbocycles. The SMILES string of the molecule is COC(=O)CC1(OCc2ccc(C(F)(F)F)c(O)c2C(=O)OC(C)(C)C)C=CC=C(c2ccccc2)C1. The van der Waals surface area contributed by atoms with Crippen molar-refractivity contribution in [2.24, 2.45) is 0 Å². The molecule has 37 heavy (non-hydrogen) atoms. The van der Waals surface area contributed by atoms with E-state index in [9.17, 15) is 27.9 Å². The summed E-state index contributed by atoms with van der Waals surface area (Å²) < 4.78 is 56.7. The molecule has 0 aliphatic heterocycles. The number of hydrogen-bond donors (Lipinski definition) is 1. The van der Waals surface area contributed by atoms with Crippen LogP contribution in [0.5, 0.6) is 5.75 Å². The van der Waals surface area contributed by atoms with E-state index in [-0.39, 0.29) is 25.0 Å². The third-order valence-electron chi connectivity index (χ3n) is 5.69. The molecule has 0 heterocycles. The van der Waals surface area contributed by atoms with Crippen molar-refractivity contribution in [3.8, 4) is 5.75 Å². The second-order valence-corrected chi connectivity index (χ2v) is 9.70. The van der Waals surface area contributed by atoms with Crippen molar-refractivity contribution in [3.63, 3.8) is 0 Å². The van der Waals surface area contributed by atoms with E-state index in [4.69, 9.17) is 14.2 Å². The molecule has 1 N–H and O–H groups in total. The van der Waals surface area contributed by atoms with Crippen molar-refractivity contribution in [1.29, 1.82) is 0 Å². The molecule has 1 atom stereocenters. The highest BCUT2D eigenvalue weighted by atomic mass is 19.4. The zero-order chi connectivity index (χ0) is 27.4. The van der Waals surface area contributed by atoms with Gasteiger partial charge in [0, 0.05) is 6.42 Å². The van der Waals surface area contributed by atoms with Gasteiger partial charge in [-0.05, 0) is 43.5 Å². The van der Waals surface area contributed by atoms with Gasteiger partial charge in [-0.25, -0.2) is 4.79 Å². The predicted molar refractivity (Wildman–Crippen MR) is 131 cm³/mol. The molecule has 0 radical (unpaired) electrons. The first-order chi connectivity index (χ1) is 17.2. The number of hydrogen-bond acceptors (Lipinski definition) is 6. The summed E-state index contributed by atoms with van der Waals surface area (Å²) >= 11 is 0.